The number of aromatic nitrogens is 2. The van der Waals surface area contributed by atoms with Gasteiger partial charge in [-0.05, 0) is 93.7 Å². The standard InChI is InChI=1S/C24H18I2N4O4S/c1-34-17-8-6-16(7-9-17)30-23(33)18-4-2-3-5-20(18)28-24(30)35-13-21(31)29-27-12-14-10-15(25)11-19(26)22(14)32/h2-12,32H,13H2,1H3,(H,29,31). The number of carbonyl (C=O) groups is 1. The van der Waals surface area contributed by atoms with Gasteiger partial charge < -0.3 is 9.84 Å². The Hall–Kier alpha value is -2.65. The molecule has 0 radical (unpaired) electrons. The van der Waals surface area contributed by atoms with E-state index in [0.717, 1.165) is 15.3 Å². The van der Waals surface area contributed by atoms with E-state index in [1.54, 1.807) is 55.6 Å². The van der Waals surface area contributed by atoms with Gasteiger partial charge in [-0.3, -0.25) is 14.2 Å². The second-order valence-corrected chi connectivity index (χ2v) is 10.5. The Morgan fingerprint density at radius 3 is 2.69 bits per heavy atom. The Kier molecular flexibility index (Phi) is 8.28. The van der Waals surface area contributed by atoms with Crippen molar-refractivity contribution in [3.05, 3.63) is 83.7 Å². The van der Waals surface area contributed by atoms with Crippen LogP contribution in [0.2, 0.25) is 0 Å². The van der Waals surface area contributed by atoms with Gasteiger partial charge in [0.1, 0.15) is 11.5 Å². The number of nitrogens with one attached hydrogen (secondary N) is 1. The summed E-state index contributed by atoms with van der Waals surface area (Å²) < 4.78 is 8.32. The molecule has 0 bridgehead atoms. The lowest BCUT2D eigenvalue weighted by molar-refractivity contribution is -0.118. The van der Waals surface area contributed by atoms with Crippen molar-refractivity contribution >= 4 is 80.0 Å². The molecule has 1 heterocycles. The molecule has 0 aliphatic carbocycles. The van der Waals surface area contributed by atoms with Crippen LogP contribution in [-0.2, 0) is 4.79 Å². The van der Waals surface area contributed by atoms with E-state index in [9.17, 15) is 14.7 Å². The van der Waals surface area contributed by atoms with E-state index >= 15 is 0 Å². The lowest BCUT2D eigenvalue weighted by atomic mass is 10.2. The molecule has 35 heavy (non-hydrogen) atoms. The van der Waals surface area contributed by atoms with E-state index in [1.165, 1.54) is 10.8 Å². The number of rotatable bonds is 7. The number of hydrogen-bond acceptors (Lipinski definition) is 7. The number of phenols is 1. The van der Waals surface area contributed by atoms with Gasteiger partial charge in [0.25, 0.3) is 11.5 Å². The third kappa shape index (κ3) is 5.95. The molecular weight excluding hydrogens is 694 g/mol. The quantitative estimate of drug-likeness (QED) is 0.0959. The molecule has 0 aliphatic heterocycles. The van der Waals surface area contributed by atoms with Crippen LogP contribution in [0.3, 0.4) is 0 Å². The predicted molar refractivity (Wildman–Crippen MR) is 154 cm³/mol. The summed E-state index contributed by atoms with van der Waals surface area (Å²) in [5, 5.41) is 15.0. The first kappa shape index (κ1) is 25.4. The van der Waals surface area contributed by atoms with Crippen LogP contribution in [0, 0.1) is 7.14 Å². The summed E-state index contributed by atoms with van der Waals surface area (Å²) >= 11 is 5.30. The first-order valence-corrected chi connectivity index (χ1v) is 13.3. The highest BCUT2D eigenvalue weighted by Crippen LogP contribution is 2.26. The summed E-state index contributed by atoms with van der Waals surface area (Å²) in [6, 6.07) is 17.7. The Morgan fingerprint density at radius 1 is 1.20 bits per heavy atom. The SMILES string of the molecule is COc1ccc(-n2c(SCC(=O)NN=Cc3cc(I)cc(I)c3O)nc3ccccc3c2=O)cc1. The average Bonchev–Trinajstić information content (AvgIpc) is 2.86. The van der Waals surface area contributed by atoms with Crippen LogP contribution in [0.15, 0.2) is 75.7 Å². The topological polar surface area (TPSA) is 106 Å². The number of hydrogen-bond donors (Lipinski definition) is 2. The highest BCUT2D eigenvalue weighted by atomic mass is 127. The summed E-state index contributed by atoms with van der Waals surface area (Å²) in [4.78, 5) is 30.4. The zero-order valence-electron chi connectivity index (χ0n) is 18.2. The maximum absolute atomic E-state index is 13.3. The van der Waals surface area contributed by atoms with Crippen molar-refractivity contribution in [3.63, 3.8) is 0 Å². The van der Waals surface area contributed by atoms with Gasteiger partial charge in [0.05, 0.1) is 39.2 Å². The number of aromatic hydroxyl groups is 1. The van der Waals surface area contributed by atoms with Crippen molar-refractivity contribution < 1.29 is 14.6 Å². The molecule has 4 rings (SSSR count). The van der Waals surface area contributed by atoms with Crippen molar-refractivity contribution in [2.75, 3.05) is 12.9 Å². The van der Waals surface area contributed by atoms with Crippen LogP contribution in [0.5, 0.6) is 11.5 Å². The van der Waals surface area contributed by atoms with E-state index in [1.807, 2.05) is 34.7 Å². The smallest absolute Gasteiger partial charge is 0.266 e. The van der Waals surface area contributed by atoms with Crippen molar-refractivity contribution in [2.24, 2.45) is 5.10 Å². The van der Waals surface area contributed by atoms with Crippen molar-refractivity contribution in [1.82, 2.24) is 15.0 Å². The van der Waals surface area contributed by atoms with Crippen molar-refractivity contribution in [1.29, 1.82) is 0 Å². The first-order valence-electron chi connectivity index (χ1n) is 10.2. The molecule has 0 saturated carbocycles. The number of fused-ring (bicyclic) bond motifs is 1. The Bertz CT molecular complexity index is 1490. The normalized spacial score (nSPS) is 11.2. The van der Waals surface area contributed by atoms with Gasteiger partial charge in [-0.25, -0.2) is 10.4 Å². The lowest BCUT2D eigenvalue weighted by Crippen LogP contribution is -2.24. The summed E-state index contributed by atoms with van der Waals surface area (Å²) in [7, 11) is 1.57. The fourth-order valence-electron chi connectivity index (χ4n) is 3.19. The number of nitrogens with zero attached hydrogens (tertiary/aromatic N) is 3. The molecule has 0 spiro atoms. The van der Waals surface area contributed by atoms with E-state index in [-0.39, 0.29) is 23.0 Å². The van der Waals surface area contributed by atoms with Gasteiger partial charge in [0, 0.05) is 9.13 Å². The number of ether oxygens (including phenoxy) is 1. The van der Waals surface area contributed by atoms with Crippen LogP contribution < -0.4 is 15.7 Å². The van der Waals surface area contributed by atoms with Gasteiger partial charge in [-0.1, -0.05) is 23.9 Å². The summed E-state index contributed by atoms with van der Waals surface area (Å²) in [6.07, 6.45) is 1.39. The van der Waals surface area contributed by atoms with Gasteiger partial charge >= 0.3 is 0 Å². The van der Waals surface area contributed by atoms with E-state index in [0.29, 0.717) is 36.6 Å². The fourth-order valence-corrected chi connectivity index (χ4v) is 5.88. The number of phenolic OH excluding ortho intramolecular Hbond substituents is 1. The summed E-state index contributed by atoms with van der Waals surface area (Å²) in [5.41, 5.74) is 3.88. The Balaban J connectivity index is 1.56. The molecule has 0 unspecified atom stereocenters. The number of thioether (sulfide) groups is 1. The van der Waals surface area contributed by atoms with Crippen LogP contribution in [0.25, 0.3) is 16.6 Å². The van der Waals surface area contributed by atoms with E-state index < -0.39 is 0 Å². The maximum Gasteiger partial charge on any atom is 0.266 e. The monoisotopic (exact) mass is 712 g/mol. The van der Waals surface area contributed by atoms with Crippen molar-refractivity contribution in [2.45, 2.75) is 5.16 Å². The number of amides is 1. The number of halogens is 2. The molecule has 0 saturated heterocycles. The van der Waals surface area contributed by atoms with Crippen molar-refractivity contribution in [3.8, 4) is 17.2 Å². The lowest BCUT2D eigenvalue weighted by Gasteiger charge is -2.13. The molecule has 3 aromatic carbocycles. The fraction of sp³-hybridized carbons (Fsp3) is 0.0833. The van der Waals surface area contributed by atoms with Crippen LogP contribution >= 0.6 is 56.9 Å². The van der Waals surface area contributed by atoms with Gasteiger partial charge in [-0.2, -0.15) is 5.10 Å². The Labute approximate surface area is 232 Å². The molecule has 0 fully saturated rings. The minimum absolute atomic E-state index is 0.0197. The third-order valence-corrected chi connectivity index (χ3v) is 7.24. The number of hydrazone groups is 1. The molecule has 0 aliphatic rings. The molecule has 0 atom stereocenters. The van der Waals surface area contributed by atoms with E-state index in [4.69, 9.17) is 4.74 Å². The second kappa shape index (κ2) is 11.4. The number of para-hydroxylation sites is 1. The molecule has 4 aromatic rings. The molecular formula is C24H18I2N4O4S. The molecule has 8 nitrogen and oxygen atoms in total. The zero-order chi connectivity index (χ0) is 24.9. The highest BCUT2D eigenvalue weighted by Gasteiger charge is 2.15. The molecule has 1 amide bonds. The zero-order valence-corrected chi connectivity index (χ0v) is 23.4. The predicted octanol–water partition coefficient (Wildman–Crippen LogP) is 4.55. The second-order valence-electron chi connectivity index (χ2n) is 7.16. The van der Waals surface area contributed by atoms with Gasteiger partial charge in [0.15, 0.2) is 5.16 Å². The summed E-state index contributed by atoms with van der Waals surface area (Å²) in [5.74, 6) is 0.363. The maximum atomic E-state index is 13.3. The number of benzene rings is 3. The molecule has 11 heteroatoms. The number of methoxy groups -OCH3 is 1. The highest BCUT2D eigenvalue weighted by molar-refractivity contribution is 14.1. The first-order chi connectivity index (χ1) is 16.9. The molecule has 178 valence electrons. The van der Waals surface area contributed by atoms with E-state index in [2.05, 4.69) is 38.1 Å². The summed E-state index contributed by atoms with van der Waals surface area (Å²) in [6.45, 7) is 0. The Morgan fingerprint density at radius 2 is 1.94 bits per heavy atom. The largest absolute Gasteiger partial charge is 0.506 e. The van der Waals surface area contributed by atoms with Gasteiger partial charge in [-0.15, -0.1) is 0 Å². The number of carbonyl (C=O) groups excluding carboxylic acids is 1. The van der Waals surface area contributed by atoms with Crippen LogP contribution in [0.4, 0.5) is 0 Å². The molecule has 1 aromatic heterocycles. The minimum atomic E-state index is -0.380. The average molecular weight is 712 g/mol. The minimum Gasteiger partial charge on any atom is -0.506 e. The molecule has 2 N–H and O–H groups in total. The van der Waals surface area contributed by atoms with Crippen LogP contribution in [0.1, 0.15) is 5.56 Å². The van der Waals surface area contributed by atoms with Gasteiger partial charge in [0.2, 0.25) is 0 Å². The van der Waals surface area contributed by atoms with Crippen LogP contribution in [-0.4, -0.2) is 39.6 Å². The third-order valence-electron chi connectivity index (χ3n) is 4.86.